The highest BCUT2D eigenvalue weighted by Crippen LogP contribution is 2.36. The number of hydrogen-bond acceptors (Lipinski definition) is 5. The van der Waals surface area contributed by atoms with Gasteiger partial charge < -0.3 is 10.2 Å². The van der Waals surface area contributed by atoms with Crippen LogP contribution >= 0.6 is 11.6 Å². The number of imide groups is 1. The Morgan fingerprint density at radius 1 is 1.22 bits per heavy atom. The van der Waals surface area contributed by atoms with Crippen molar-refractivity contribution in [1.82, 2.24) is 4.90 Å². The minimum atomic E-state index is -4.70. The molecule has 0 saturated carbocycles. The van der Waals surface area contributed by atoms with Crippen LogP contribution in [0.5, 0.6) is 0 Å². The number of amides is 3. The number of hydrogen-bond donors (Lipinski definition) is 2. The van der Waals surface area contributed by atoms with Crippen LogP contribution in [-0.2, 0) is 11.0 Å². The van der Waals surface area contributed by atoms with Crippen LogP contribution in [0.1, 0.15) is 26.3 Å². The van der Waals surface area contributed by atoms with Gasteiger partial charge in [0.1, 0.15) is 5.56 Å². The van der Waals surface area contributed by atoms with E-state index in [0.717, 1.165) is 17.0 Å². The number of nitro groups is 1. The molecule has 1 aliphatic heterocycles. The average molecular weight is 472 g/mol. The molecule has 2 N–H and O–H groups in total. The lowest BCUT2D eigenvalue weighted by Gasteiger charge is -2.19. The van der Waals surface area contributed by atoms with E-state index in [4.69, 9.17) is 11.6 Å². The molecule has 1 unspecified atom stereocenters. The Hall–Kier alpha value is -3.51. The van der Waals surface area contributed by atoms with E-state index >= 15 is 0 Å². The minimum Gasteiger partial charge on any atom is -0.321 e. The van der Waals surface area contributed by atoms with Crippen molar-refractivity contribution in [3.8, 4) is 0 Å². The van der Waals surface area contributed by atoms with Crippen LogP contribution in [-0.4, -0.2) is 47.8 Å². The summed E-state index contributed by atoms with van der Waals surface area (Å²) in [4.78, 5) is 48.8. The number of quaternary nitrogens is 1. The van der Waals surface area contributed by atoms with Crippen LogP contribution in [0.2, 0.25) is 5.02 Å². The van der Waals surface area contributed by atoms with Crippen LogP contribution in [0.25, 0.3) is 0 Å². The molecular formula is C19H15ClF3N4O5+. The highest BCUT2D eigenvalue weighted by atomic mass is 35.5. The molecule has 1 atom stereocenters. The second-order valence-corrected chi connectivity index (χ2v) is 7.43. The molecule has 0 spiro atoms. The lowest BCUT2D eigenvalue weighted by molar-refractivity contribution is -0.878. The Labute approximate surface area is 183 Å². The molecule has 3 rings (SSSR count). The molecule has 32 heavy (non-hydrogen) atoms. The maximum atomic E-state index is 13.0. The normalized spacial score (nSPS) is 14.3. The van der Waals surface area contributed by atoms with E-state index in [1.165, 1.54) is 25.2 Å². The molecular weight excluding hydrogens is 457 g/mol. The summed E-state index contributed by atoms with van der Waals surface area (Å²) >= 11 is 5.54. The second-order valence-electron chi connectivity index (χ2n) is 7.03. The molecule has 3 amide bonds. The van der Waals surface area contributed by atoms with Gasteiger partial charge in [0.15, 0.2) is 13.2 Å². The van der Waals surface area contributed by atoms with E-state index in [2.05, 4.69) is 5.32 Å². The van der Waals surface area contributed by atoms with Crippen LogP contribution < -0.4 is 10.2 Å². The van der Waals surface area contributed by atoms with Gasteiger partial charge in [0.05, 0.1) is 28.1 Å². The van der Waals surface area contributed by atoms with E-state index in [0.29, 0.717) is 11.0 Å². The van der Waals surface area contributed by atoms with E-state index < -0.39 is 45.1 Å². The van der Waals surface area contributed by atoms with Gasteiger partial charge in [0, 0.05) is 11.8 Å². The summed E-state index contributed by atoms with van der Waals surface area (Å²) in [6.45, 7) is -0.592. The fourth-order valence-corrected chi connectivity index (χ4v) is 3.46. The third-order valence-electron chi connectivity index (χ3n) is 4.62. The lowest BCUT2D eigenvalue weighted by Crippen LogP contribution is -3.11. The largest absolute Gasteiger partial charge is 0.417 e. The molecule has 0 saturated heterocycles. The predicted octanol–water partition coefficient (Wildman–Crippen LogP) is 1.97. The maximum absolute atomic E-state index is 13.0. The van der Waals surface area contributed by atoms with Gasteiger partial charge in [-0.05, 0) is 24.3 Å². The van der Waals surface area contributed by atoms with Crippen molar-refractivity contribution < 1.29 is 37.4 Å². The minimum absolute atomic E-state index is 0.109. The number of anilines is 1. The van der Waals surface area contributed by atoms with Gasteiger partial charge >= 0.3 is 6.18 Å². The Kier molecular flexibility index (Phi) is 6.19. The Morgan fingerprint density at radius 3 is 2.53 bits per heavy atom. The van der Waals surface area contributed by atoms with Crippen molar-refractivity contribution in [2.45, 2.75) is 6.18 Å². The molecule has 13 heteroatoms. The van der Waals surface area contributed by atoms with E-state index in [1.807, 2.05) is 0 Å². The van der Waals surface area contributed by atoms with Gasteiger partial charge in [0.25, 0.3) is 23.4 Å². The first kappa shape index (κ1) is 23.2. The number of halogens is 4. The molecule has 1 aliphatic rings. The molecule has 0 radical (unpaired) electrons. The maximum Gasteiger partial charge on any atom is 0.417 e. The number of alkyl halides is 3. The summed E-state index contributed by atoms with van der Waals surface area (Å²) in [6, 6.07) is 6.59. The van der Waals surface area contributed by atoms with Crippen molar-refractivity contribution in [2.24, 2.45) is 0 Å². The molecule has 9 nitrogen and oxygen atoms in total. The van der Waals surface area contributed by atoms with Crippen molar-refractivity contribution in [1.29, 1.82) is 0 Å². The van der Waals surface area contributed by atoms with Crippen molar-refractivity contribution in [3.63, 3.8) is 0 Å². The Morgan fingerprint density at radius 2 is 1.91 bits per heavy atom. The van der Waals surface area contributed by atoms with E-state index in [1.54, 1.807) is 0 Å². The van der Waals surface area contributed by atoms with Crippen molar-refractivity contribution in [2.75, 3.05) is 25.6 Å². The lowest BCUT2D eigenvalue weighted by atomic mass is 10.1. The SMILES string of the molecule is C[NH+](CC(=O)Nc1ccc(Cl)c(C(F)(F)F)c1)CN1C(=O)c2cccc([N+](=O)[O-])c2C1=O. The Balaban J connectivity index is 1.68. The smallest absolute Gasteiger partial charge is 0.321 e. The molecule has 0 fully saturated rings. The number of rotatable bonds is 6. The molecule has 0 bridgehead atoms. The van der Waals surface area contributed by atoms with Crippen LogP contribution in [0, 0.1) is 10.1 Å². The summed E-state index contributed by atoms with van der Waals surface area (Å²) in [5.41, 5.74) is -2.16. The topological polar surface area (TPSA) is 114 Å². The molecule has 1 heterocycles. The molecule has 0 aromatic heterocycles. The standard InChI is InChI=1S/C19H14ClF3N4O5/c1-25(8-15(28)24-10-5-6-13(20)12(7-10)19(21,22)23)9-26-17(29)11-3-2-4-14(27(31)32)16(11)18(26)30/h2-7H,8-9H2,1H3,(H,24,28)/p+1. The fraction of sp³-hybridized carbons (Fsp3) is 0.211. The Bertz CT molecular complexity index is 1140. The number of nitrogens with zero attached hydrogens (tertiary/aromatic N) is 2. The van der Waals surface area contributed by atoms with Crippen LogP contribution in [0.3, 0.4) is 0 Å². The van der Waals surface area contributed by atoms with Crippen LogP contribution in [0.4, 0.5) is 24.5 Å². The third kappa shape index (κ3) is 4.55. The van der Waals surface area contributed by atoms with Crippen molar-refractivity contribution in [3.05, 3.63) is 68.2 Å². The summed E-state index contributed by atoms with van der Waals surface area (Å²) in [5.74, 6) is -2.27. The number of nitrogens with one attached hydrogen (secondary N) is 2. The third-order valence-corrected chi connectivity index (χ3v) is 4.95. The highest BCUT2D eigenvalue weighted by molar-refractivity contribution is 6.31. The highest BCUT2D eigenvalue weighted by Gasteiger charge is 2.42. The number of fused-ring (bicyclic) bond motifs is 1. The first-order valence-corrected chi connectivity index (χ1v) is 9.39. The fourth-order valence-electron chi connectivity index (χ4n) is 3.24. The second kappa shape index (κ2) is 8.55. The summed E-state index contributed by atoms with van der Waals surface area (Å²) in [6.07, 6.45) is -4.70. The number of carbonyl (C=O) groups excluding carboxylic acids is 3. The van der Waals surface area contributed by atoms with E-state index in [9.17, 15) is 37.7 Å². The van der Waals surface area contributed by atoms with Gasteiger partial charge in [0.2, 0.25) is 0 Å². The zero-order valence-electron chi connectivity index (χ0n) is 16.3. The average Bonchev–Trinajstić information content (AvgIpc) is 2.93. The van der Waals surface area contributed by atoms with Crippen LogP contribution in [0.15, 0.2) is 36.4 Å². The predicted molar refractivity (Wildman–Crippen MR) is 105 cm³/mol. The van der Waals surface area contributed by atoms with E-state index in [-0.39, 0.29) is 30.0 Å². The monoisotopic (exact) mass is 471 g/mol. The molecule has 168 valence electrons. The number of nitro benzene ring substituents is 1. The van der Waals surface area contributed by atoms with Crippen molar-refractivity contribution >= 4 is 40.7 Å². The number of carbonyl (C=O) groups is 3. The zero-order chi connectivity index (χ0) is 23.8. The molecule has 2 aromatic rings. The van der Waals surface area contributed by atoms with Gasteiger partial charge in [-0.3, -0.25) is 24.5 Å². The van der Waals surface area contributed by atoms with Gasteiger partial charge in [-0.15, -0.1) is 0 Å². The summed E-state index contributed by atoms with van der Waals surface area (Å²) in [7, 11) is 1.47. The van der Waals surface area contributed by atoms with Gasteiger partial charge in [-0.25, -0.2) is 4.90 Å². The zero-order valence-corrected chi connectivity index (χ0v) is 17.1. The summed E-state index contributed by atoms with van der Waals surface area (Å²) < 4.78 is 38.9. The first-order valence-electron chi connectivity index (χ1n) is 9.01. The van der Waals surface area contributed by atoms with Gasteiger partial charge in [-0.2, -0.15) is 13.2 Å². The quantitative estimate of drug-likeness (QED) is 0.380. The molecule has 2 aromatic carbocycles. The first-order chi connectivity index (χ1) is 14.9. The summed E-state index contributed by atoms with van der Waals surface area (Å²) in [5, 5.41) is 12.9. The number of benzene rings is 2. The molecule has 0 aliphatic carbocycles. The van der Waals surface area contributed by atoms with Gasteiger partial charge in [-0.1, -0.05) is 17.7 Å². The number of likely N-dealkylation sites (N-methyl/N-ethyl adjacent to an activating group) is 1.